The van der Waals surface area contributed by atoms with E-state index in [1.165, 1.54) is 0 Å². The first kappa shape index (κ1) is 17.7. The van der Waals surface area contributed by atoms with Gasteiger partial charge in [0.1, 0.15) is 11.5 Å². The molecule has 0 aromatic carbocycles. The van der Waals surface area contributed by atoms with E-state index in [4.69, 9.17) is 0 Å². The third-order valence-corrected chi connectivity index (χ3v) is 2.06. The van der Waals surface area contributed by atoms with E-state index in [2.05, 4.69) is 10.3 Å². The van der Waals surface area contributed by atoms with Gasteiger partial charge in [-0.3, -0.25) is 0 Å². The molecule has 0 aliphatic heterocycles. The van der Waals surface area contributed by atoms with Crippen molar-refractivity contribution in [1.29, 1.82) is 0 Å². The van der Waals surface area contributed by atoms with Crippen molar-refractivity contribution in [3.05, 3.63) is 23.4 Å². The Kier molecular flexibility index (Phi) is 6.33. The summed E-state index contributed by atoms with van der Waals surface area (Å²) in [6.45, 7) is 12.2. The number of anilines is 1. The Morgan fingerprint density at radius 3 is 2.05 bits per heavy atom. The number of hydrogen-bond donors (Lipinski definition) is 1. The molecule has 0 atom stereocenters. The molecule has 0 fully saturated rings. The average Bonchev–Trinajstić information content (AvgIpc) is 2.26. The maximum atomic E-state index is 12.5. The fourth-order valence-corrected chi connectivity index (χ4v) is 1.26. The molecule has 1 N–H and O–H groups in total. The predicted molar refractivity (Wildman–Crippen MR) is 73.3 cm³/mol. The molecule has 0 saturated carbocycles. The van der Waals surface area contributed by atoms with Gasteiger partial charge in [-0.05, 0) is 30.0 Å². The van der Waals surface area contributed by atoms with Crippen LogP contribution in [0.25, 0.3) is 0 Å². The van der Waals surface area contributed by atoms with Crippen molar-refractivity contribution >= 4 is 5.82 Å². The number of halogens is 3. The molecule has 2 nitrogen and oxygen atoms in total. The Labute approximate surface area is 113 Å². The van der Waals surface area contributed by atoms with E-state index in [-0.39, 0.29) is 11.2 Å². The van der Waals surface area contributed by atoms with E-state index in [0.29, 0.717) is 12.1 Å². The number of rotatable bonds is 2. The van der Waals surface area contributed by atoms with Gasteiger partial charge in [-0.2, -0.15) is 13.2 Å². The molecule has 0 aliphatic carbocycles. The smallest absolute Gasteiger partial charge is 0.370 e. The summed E-state index contributed by atoms with van der Waals surface area (Å²) in [6.07, 6.45) is -4.40. The van der Waals surface area contributed by atoms with Crippen LogP contribution in [0.4, 0.5) is 19.0 Å². The van der Waals surface area contributed by atoms with Crippen LogP contribution in [0.1, 0.15) is 45.9 Å². The zero-order valence-corrected chi connectivity index (χ0v) is 12.4. The van der Waals surface area contributed by atoms with Crippen LogP contribution in [-0.2, 0) is 6.18 Å². The highest BCUT2D eigenvalue weighted by Gasteiger charge is 2.33. The van der Waals surface area contributed by atoms with Crippen LogP contribution >= 0.6 is 0 Å². The standard InChI is InChI=1S/C12H17F3N2.C2H6/c1-8-5-9(12(13,14)15)17-10(6-8)16-7-11(2,3)4;1-2/h5-6H,7H2,1-4H3,(H,16,17);1-2H3. The summed E-state index contributed by atoms with van der Waals surface area (Å²) >= 11 is 0. The molecular formula is C14H23F3N2. The van der Waals surface area contributed by atoms with Crippen molar-refractivity contribution in [3.8, 4) is 0 Å². The van der Waals surface area contributed by atoms with Gasteiger partial charge in [-0.25, -0.2) is 4.98 Å². The molecule has 0 bridgehead atoms. The fraction of sp³-hybridized carbons (Fsp3) is 0.643. The van der Waals surface area contributed by atoms with Gasteiger partial charge in [-0.15, -0.1) is 0 Å². The molecule has 0 unspecified atom stereocenters. The van der Waals surface area contributed by atoms with Crippen molar-refractivity contribution in [2.75, 3.05) is 11.9 Å². The molecule has 0 radical (unpaired) electrons. The molecule has 0 saturated heterocycles. The van der Waals surface area contributed by atoms with Crippen LogP contribution in [0.2, 0.25) is 0 Å². The van der Waals surface area contributed by atoms with Crippen molar-refractivity contribution in [1.82, 2.24) is 4.98 Å². The maximum Gasteiger partial charge on any atom is 0.433 e. The maximum absolute atomic E-state index is 12.5. The van der Waals surface area contributed by atoms with Crippen molar-refractivity contribution in [3.63, 3.8) is 0 Å². The van der Waals surface area contributed by atoms with Gasteiger partial charge in [0.15, 0.2) is 0 Å². The van der Waals surface area contributed by atoms with Crippen molar-refractivity contribution in [2.45, 2.75) is 47.7 Å². The highest BCUT2D eigenvalue weighted by molar-refractivity contribution is 5.40. The quantitative estimate of drug-likeness (QED) is 0.831. The SMILES string of the molecule is CC.Cc1cc(NCC(C)(C)C)nc(C(F)(F)F)c1. The summed E-state index contributed by atoms with van der Waals surface area (Å²) in [7, 11) is 0. The zero-order valence-electron chi connectivity index (χ0n) is 12.4. The number of aryl methyl sites for hydroxylation is 1. The summed E-state index contributed by atoms with van der Waals surface area (Å²) in [5.41, 5.74) is -0.318. The van der Waals surface area contributed by atoms with Gasteiger partial charge >= 0.3 is 6.18 Å². The van der Waals surface area contributed by atoms with Gasteiger partial charge in [0.25, 0.3) is 0 Å². The zero-order chi connectivity index (χ0) is 15.3. The molecule has 1 heterocycles. The lowest BCUT2D eigenvalue weighted by molar-refractivity contribution is -0.141. The molecular weight excluding hydrogens is 253 g/mol. The van der Waals surface area contributed by atoms with Gasteiger partial charge in [0.2, 0.25) is 0 Å². The van der Waals surface area contributed by atoms with Gasteiger partial charge in [0.05, 0.1) is 0 Å². The molecule has 5 heteroatoms. The third-order valence-electron chi connectivity index (χ3n) is 2.06. The molecule has 19 heavy (non-hydrogen) atoms. The molecule has 1 aromatic rings. The van der Waals surface area contributed by atoms with Crippen LogP contribution in [0.15, 0.2) is 12.1 Å². The molecule has 1 rings (SSSR count). The first-order valence-electron chi connectivity index (χ1n) is 6.38. The minimum atomic E-state index is -4.40. The average molecular weight is 276 g/mol. The number of alkyl halides is 3. The van der Waals surface area contributed by atoms with Crippen LogP contribution in [-0.4, -0.2) is 11.5 Å². The lowest BCUT2D eigenvalue weighted by Gasteiger charge is -2.20. The summed E-state index contributed by atoms with van der Waals surface area (Å²) in [6, 6.07) is 2.66. The Hall–Kier alpha value is -1.26. The minimum absolute atomic E-state index is 0.0101. The highest BCUT2D eigenvalue weighted by atomic mass is 19.4. The first-order valence-corrected chi connectivity index (χ1v) is 6.38. The molecule has 0 aliphatic rings. The summed E-state index contributed by atoms with van der Waals surface area (Å²) in [5, 5.41) is 2.93. The summed E-state index contributed by atoms with van der Waals surface area (Å²) in [5.74, 6) is 0.271. The van der Waals surface area contributed by atoms with Crippen LogP contribution in [0, 0.1) is 12.3 Å². The minimum Gasteiger partial charge on any atom is -0.370 e. The molecule has 0 spiro atoms. The second-order valence-electron chi connectivity index (χ2n) is 5.33. The van der Waals surface area contributed by atoms with E-state index < -0.39 is 11.9 Å². The van der Waals surface area contributed by atoms with E-state index in [1.54, 1.807) is 13.0 Å². The summed E-state index contributed by atoms with van der Waals surface area (Å²) in [4.78, 5) is 3.57. The van der Waals surface area contributed by atoms with E-state index in [9.17, 15) is 13.2 Å². The number of hydrogen-bond acceptors (Lipinski definition) is 2. The molecule has 110 valence electrons. The Bertz CT molecular complexity index is 393. The van der Waals surface area contributed by atoms with Gasteiger partial charge < -0.3 is 5.32 Å². The highest BCUT2D eigenvalue weighted by Crippen LogP contribution is 2.29. The second-order valence-corrected chi connectivity index (χ2v) is 5.33. The van der Waals surface area contributed by atoms with Crippen LogP contribution in [0.3, 0.4) is 0 Å². The number of nitrogens with zero attached hydrogens (tertiary/aromatic N) is 1. The predicted octanol–water partition coefficient (Wildman–Crippen LogP) is 4.89. The Balaban J connectivity index is 0.00000154. The van der Waals surface area contributed by atoms with Crippen LogP contribution in [0.5, 0.6) is 0 Å². The fourth-order valence-electron chi connectivity index (χ4n) is 1.26. The van der Waals surface area contributed by atoms with Crippen molar-refractivity contribution in [2.24, 2.45) is 5.41 Å². The van der Waals surface area contributed by atoms with Crippen molar-refractivity contribution < 1.29 is 13.2 Å². The monoisotopic (exact) mass is 276 g/mol. The molecule has 1 aromatic heterocycles. The Morgan fingerprint density at radius 1 is 1.11 bits per heavy atom. The number of nitrogens with one attached hydrogen (secondary N) is 1. The lowest BCUT2D eigenvalue weighted by Crippen LogP contribution is -2.20. The third kappa shape index (κ3) is 7.03. The van der Waals surface area contributed by atoms with Gasteiger partial charge in [0, 0.05) is 6.54 Å². The van der Waals surface area contributed by atoms with Crippen LogP contribution < -0.4 is 5.32 Å². The first-order chi connectivity index (χ1) is 8.58. The largest absolute Gasteiger partial charge is 0.433 e. The second kappa shape index (κ2) is 6.78. The lowest BCUT2D eigenvalue weighted by atomic mass is 9.97. The molecule has 0 amide bonds. The van der Waals surface area contributed by atoms with E-state index >= 15 is 0 Å². The number of pyridine rings is 1. The topological polar surface area (TPSA) is 24.9 Å². The summed E-state index contributed by atoms with van der Waals surface area (Å²) < 4.78 is 37.6. The normalized spacial score (nSPS) is 11.6. The van der Waals surface area contributed by atoms with E-state index in [0.717, 1.165) is 6.07 Å². The van der Waals surface area contributed by atoms with E-state index in [1.807, 2.05) is 34.6 Å². The number of aromatic nitrogens is 1. The van der Waals surface area contributed by atoms with Gasteiger partial charge in [-0.1, -0.05) is 34.6 Å². The Morgan fingerprint density at radius 2 is 1.63 bits per heavy atom.